The first kappa shape index (κ1) is 33.4. The van der Waals surface area contributed by atoms with Crippen LogP contribution in [0.25, 0.3) is 22.3 Å². The van der Waals surface area contributed by atoms with Crippen LogP contribution in [0.15, 0.2) is 97.1 Å². The van der Waals surface area contributed by atoms with Crippen LogP contribution in [-0.2, 0) is 13.9 Å². The van der Waals surface area contributed by atoms with Crippen molar-refractivity contribution in [1.82, 2.24) is 10.6 Å². The number of fused-ring (bicyclic) bond motifs is 6. The molecule has 4 aromatic carbocycles. The summed E-state index contributed by atoms with van der Waals surface area (Å²) in [6, 6.07) is 32.6. The Bertz CT molecular complexity index is 1710. The van der Waals surface area contributed by atoms with Crippen LogP contribution >= 0.6 is 12.2 Å². The molecule has 0 saturated carbocycles. The number of ether oxygens (including phenoxy) is 2. The quantitative estimate of drug-likeness (QED) is 0.0885. The van der Waals surface area contributed by atoms with Crippen LogP contribution in [0.2, 0.25) is 19.6 Å². The number of alkyl carbamates (subject to hydrolysis) is 2. The van der Waals surface area contributed by atoms with Gasteiger partial charge in [0.25, 0.3) is 0 Å². The van der Waals surface area contributed by atoms with Crippen molar-refractivity contribution < 1.29 is 23.5 Å². The molecular weight excluding hydrogens is 637 g/mol. The van der Waals surface area contributed by atoms with E-state index >= 15 is 0 Å². The van der Waals surface area contributed by atoms with E-state index < -0.39 is 26.5 Å². The zero-order valence-electron chi connectivity index (χ0n) is 27.7. The number of hydrogen-bond donors (Lipinski definition) is 2. The first-order valence-electron chi connectivity index (χ1n) is 16.6. The molecule has 0 fully saturated rings. The van der Waals surface area contributed by atoms with Gasteiger partial charge in [-0.1, -0.05) is 97.1 Å². The lowest BCUT2D eigenvalue weighted by Gasteiger charge is -2.26. The Morgan fingerprint density at radius 2 is 1.08 bits per heavy atom. The van der Waals surface area contributed by atoms with E-state index in [0.29, 0.717) is 30.9 Å². The van der Waals surface area contributed by atoms with Gasteiger partial charge in [0.15, 0.2) is 5.05 Å². The van der Waals surface area contributed by atoms with Gasteiger partial charge in [0.2, 0.25) is 8.32 Å². The minimum Gasteiger partial charge on any atom is -0.538 e. The molecule has 0 spiro atoms. The summed E-state index contributed by atoms with van der Waals surface area (Å²) in [6.45, 7) is 7.11. The molecular formula is C39H42N2O5SSi. The van der Waals surface area contributed by atoms with Gasteiger partial charge in [-0.25, -0.2) is 9.59 Å². The highest BCUT2D eigenvalue weighted by Crippen LogP contribution is 2.45. The van der Waals surface area contributed by atoms with Crippen molar-refractivity contribution in [3.05, 3.63) is 119 Å². The first-order valence-corrected chi connectivity index (χ1v) is 20.4. The molecule has 0 heterocycles. The fourth-order valence-corrected chi connectivity index (χ4v) is 8.39. The standard InChI is InChI=1S/C39H42N2O5SSi/c1-48(2,3)46-37(47)36(41-39(43)45-25-35-32-20-10-6-16-28(32)29-17-7-11-21-33(29)35)22-12-13-23-40-38(42)44-24-34-30-18-8-4-14-26(30)27-15-5-9-19-31(27)34/h4-11,14-21,34-36H,12-13,22-25H2,1-3H3,(H,40,42)(H,41,43). The van der Waals surface area contributed by atoms with E-state index in [0.717, 1.165) is 11.1 Å². The Balaban J connectivity index is 0.978. The molecule has 0 aromatic heterocycles. The lowest BCUT2D eigenvalue weighted by atomic mass is 9.98. The average Bonchev–Trinajstić information content (AvgIpc) is 3.57. The largest absolute Gasteiger partial charge is 0.538 e. The molecule has 1 unspecified atom stereocenters. The Kier molecular flexibility index (Phi) is 10.3. The number of carbonyl (C=O) groups excluding carboxylic acids is 2. The van der Waals surface area contributed by atoms with E-state index in [-0.39, 0.29) is 25.0 Å². The minimum atomic E-state index is -1.99. The lowest BCUT2D eigenvalue weighted by molar-refractivity contribution is 0.140. The second-order valence-corrected chi connectivity index (χ2v) is 18.1. The zero-order valence-corrected chi connectivity index (χ0v) is 29.5. The maximum Gasteiger partial charge on any atom is 0.407 e. The van der Waals surface area contributed by atoms with Crippen LogP contribution in [0.1, 0.15) is 53.4 Å². The van der Waals surface area contributed by atoms with Gasteiger partial charge >= 0.3 is 12.2 Å². The van der Waals surface area contributed by atoms with Crippen molar-refractivity contribution in [2.45, 2.75) is 56.8 Å². The summed E-state index contributed by atoms with van der Waals surface area (Å²) in [5.41, 5.74) is 9.41. The third kappa shape index (κ3) is 7.63. The zero-order chi connectivity index (χ0) is 33.7. The predicted molar refractivity (Wildman–Crippen MR) is 196 cm³/mol. The number of thiocarbonyl (C=S) groups is 1. The van der Waals surface area contributed by atoms with Crippen LogP contribution in [0, 0.1) is 0 Å². The van der Waals surface area contributed by atoms with E-state index in [1.54, 1.807) is 0 Å². The van der Waals surface area contributed by atoms with Crippen LogP contribution in [-0.4, -0.2) is 51.4 Å². The molecule has 48 heavy (non-hydrogen) atoms. The van der Waals surface area contributed by atoms with Crippen molar-refractivity contribution in [2.24, 2.45) is 0 Å². The molecule has 2 amide bonds. The van der Waals surface area contributed by atoms with Crippen molar-refractivity contribution in [3.63, 3.8) is 0 Å². The lowest BCUT2D eigenvalue weighted by Crippen LogP contribution is -2.45. The summed E-state index contributed by atoms with van der Waals surface area (Å²) in [4.78, 5) is 25.7. The maximum atomic E-state index is 13.1. The Morgan fingerprint density at radius 3 is 1.52 bits per heavy atom. The van der Waals surface area contributed by atoms with Crippen LogP contribution in [0.3, 0.4) is 0 Å². The van der Waals surface area contributed by atoms with Gasteiger partial charge in [-0.05, 0) is 95.6 Å². The molecule has 4 aromatic rings. The molecule has 2 aliphatic carbocycles. The Labute approximate surface area is 289 Å². The highest BCUT2D eigenvalue weighted by Gasteiger charge is 2.31. The molecule has 2 aliphatic rings. The summed E-state index contributed by atoms with van der Waals surface area (Å²) in [7, 11) is -1.99. The number of benzene rings is 4. The topological polar surface area (TPSA) is 85.9 Å². The summed E-state index contributed by atoms with van der Waals surface area (Å²) in [5.74, 6) is -0.0176. The van der Waals surface area contributed by atoms with Crippen LogP contribution in [0.4, 0.5) is 9.59 Å². The third-order valence-corrected chi connectivity index (χ3v) is 10.2. The van der Waals surface area contributed by atoms with Gasteiger partial charge in [-0.3, -0.25) is 0 Å². The van der Waals surface area contributed by atoms with E-state index in [1.165, 1.54) is 33.4 Å². The van der Waals surface area contributed by atoms with Crippen molar-refractivity contribution in [2.75, 3.05) is 19.8 Å². The van der Waals surface area contributed by atoms with Crippen molar-refractivity contribution in [1.29, 1.82) is 0 Å². The van der Waals surface area contributed by atoms with E-state index in [1.807, 2.05) is 48.5 Å². The number of unbranched alkanes of at least 4 members (excludes halogenated alkanes) is 1. The third-order valence-electron chi connectivity index (χ3n) is 8.86. The van der Waals surface area contributed by atoms with Gasteiger partial charge in [-0.2, -0.15) is 0 Å². The molecule has 7 nitrogen and oxygen atoms in total. The summed E-state index contributed by atoms with van der Waals surface area (Å²) >= 11 is 5.65. The molecule has 1 atom stereocenters. The Hall–Kier alpha value is -4.47. The number of carbonyl (C=O) groups is 2. The number of rotatable bonds is 12. The van der Waals surface area contributed by atoms with Gasteiger partial charge in [0.05, 0.1) is 6.04 Å². The van der Waals surface area contributed by atoms with Crippen molar-refractivity contribution >= 4 is 37.8 Å². The van der Waals surface area contributed by atoms with Gasteiger partial charge in [0, 0.05) is 18.4 Å². The molecule has 0 radical (unpaired) electrons. The molecule has 0 saturated heterocycles. The monoisotopic (exact) mass is 678 g/mol. The highest BCUT2D eigenvalue weighted by atomic mass is 32.1. The first-order chi connectivity index (χ1) is 23.2. The highest BCUT2D eigenvalue weighted by molar-refractivity contribution is 7.80. The van der Waals surface area contributed by atoms with Gasteiger partial charge < -0.3 is 24.5 Å². The summed E-state index contributed by atoms with van der Waals surface area (Å²) in [5, 5.41) is 6.20. The number of amides is 2. The molecule has 6 rings (SSSR count). The smallest absolute Gasteiger partial charge is 0.407 e. The minimum absolute atomic E-state index is 0.0141. The van der Waals surface area contributed by atoms with Crippen LogP contribution in [0.5, 0.6) is 0 Å². The molecule has 248 valence electrons. The Morgan fingerprint density at radius 1 is 0.667 bits per heavy atom. The van der Waals surface area contributed by atoms with Crippen LogP contribution < -0.4 is 10.6 Å². The predicted octanol–water partition coefficient (Wildman–Crippen LogP) is 8.78. The fourth-order valence-electron chi connectivity index (χ4n) is 6.72. The molecule has 9 heteroatoms. The second kappa shape index (κ2) is 14.7. The number of nitrogens with one attached hydrogen (secondary N) is 2. The van der Waals surface area contributed by atoms with E-state index in [9.17, 15) is 9.59 Å². The van der Waals surface area contributed by atoms with Gasteiger partial charge in [-0.15, -0.1) is 0 Å². The average molecular weight is 679 g/mol. The molecule has 0 aliphatic heterocycles. The normalized spacial score (nSPS) is 13.8. The summed E-state index contributed by atoms with van der Waals surface area (Å²) in [6.07, 6.45) is 0.971. The number of hydrogen-bond acceptors (Lipinski definition) is 6. The molecule has 0 bridgehead atoms. The fraction of sp³-hybridized carbons (Fsp3) is 0.308. The van der Waals surface area contributed by atoms with Crippen molar-refractivity contribution in [3.8, 4) is 22.3 Å². The summed E-state index contributed by atoms with van der Waals surface area (Å²) < 4.78 is 17.6. The second-order valence-electron chi connectivity index (χ2n) is 13.3. The maximum absolute atomic E-state index is 13.1. The molecule has 2 N–H and O–H groups in total. The van der Waals surface area contributed by atoms with E-state index in [4.69, 9.17) is 26.1 Å². The van der Waals surface area contributed by atoms with E-state index in [2.05, 4.69) is 78.8 Å². The SMILES string of the molecule is C[Si](C)(C)OC(=S)C(CCCCNC(=O)OCC1c2ccccc2-c2ccccc21)NC(=O)OCC1c2ccccc2-c2ccccc21. The van der Waals surface area contributed by atoms with Gasteiger partial charge in [0.1, 0.15) is 13.2 Å².